The van der Waals surface area contributed by atoms with Gasteiger partial charge in [0.15, 0.2) is 5.17 Å². The number of ether oxygens (including phenoxy) is 1. The molecule has 0 spiro atoms. The van der Waals surface area contributed by atoms with Gasteiger partial charge in [0.1, 0.15) is 5.25 Å². The van der Waals surface area contributed by atoms with Crippen LogP contribution in [0.1, 0.15) is 12.8 Å². The summed E-state index contributed by atoms with van der Waals surface area (Å²) in [4.78, 5) is 28.2. The molecule has 23 heavy (non-hydrogen) atoms. The number of amidine groups is 1. The molecule has 0 aromatic heterocycles. The Morgan fingerprint density at radius 3 is 2.87 bits per heavy atom. The average Bonchev–Trinajstić information content (AvgIpc) is 2.86. The number of amides is 2. The molecule has 2 rings (SSSR count). The fraction of sp³-hybridized carbons (Fsp3) is 0.400. The lowest BCUT2D eigenvalue weighted by Crippen LogP contribution is -2.28. The summed E-state index contributed by atoms with van der Waals surface area (Å²) in [6, 6.07) is 6.81. The Morgan fingerprint density at radius 1 is 1.43 bits per heavy atom. The number of benzene rings is 1. The number of halogens is 1. The maximum atomic E-state index is 12.0. The Balaban J connectivity index is 1.81. The third kappa shape index (κ3) is 5.85. The Kier molecular flexibility index (Phi) is 6.88. The van der Waals surface area contributed by atoms with Crippen LogP contribution in [0.2, 0.25) is 5.02 Å². The molecule has 0 aliphatic carbocycles. The number of rotatable bonds is 7. The van der Waals surface area contributed by atoms with Gasteiger partial charge in [-0.25, -0.2) is 0 Å². The maximum absolute atomic E-state index is 12.0. The minimum atomic E-state index is -0.455. The van der Waals surface area contributed by atoms with Gasteiger partial charge in [0.2, 0.25) is 11.8 Å². The Labute approximate surface area is 144 Å². The van der Waals surface area contributed by atoms with E-state index in [0.717, 1.165) is 6.42 Å². The van der Waals surface area contributed by atoms with E-state index in [0.29, 0.717) is 29.0 Å². The monoisotopic (exact) mass is 355 g/mol. The minimum absolute atomic E-state index is 0.0935. The highest BCUT2D eigenvalue weighted by molar-refractivity contribution is 8.15. The summed E-state index contributed by atoms with van der Waals surface area (Å²) in [5, 5.41) is 6.15. The summed E-state index contributed by atoms with van der Waals surface area (Å²) < 4.78 is 4.94. The van der Waals surface area contributed by atoms with E-state index >= 15 is 0 Å². The van der Waals surface area contributed by atoms with Gasteiger partial charge in [-0.15, -0.1) is 0 Å². The number of hydrogen-bond acceptors (Lipinski definition) is 5. The first-order chi connectivity index (χ1) is 11.1. The molecule has 1 aromatic rings. The van der Waals surface area contributed by atoms with E-state index in [2.05, 4.69) is 15.6 Å². The van der Waals surface area contributed by atoms with Crippen molar-refractivity contribution in [2.75, 3.05) is 25.6 Å². The predicted octanol–water partition coefficient (Wildman–Crippen LogP) is 2.29. The molecule has 1 heterocycles. The summed E-state index contributed by atoms with van der Waals surface area (Å²) >= 11 is 7.08. The second kappa shape index (κ2) is 8.90. The highest BCUT2D eigenvalue weighted by atomic mass is 35.5. The number of carbonyl (C=O) groups is 2. The van der Waals surface area contributed by atoms with Crippen molar-refractivity contribution in [3.05, 3.63) is 29.3 Å². The highest BCUT2D eigenvalue weighted by Gasteiger charge is 2.31. The molecule has 0 radical (unpaired) electrons. The number of nitrogens with one attached hydrogen (secondary N) is 2. The van der Waals surface area contributed by atoms with Crippen molar-refractivity contribution < 1.29 is 14.3 Å². The van der Waals surface area contributed by atoms with E-state index in [1.807, 2.05) is 0 Å². The quantitative estimate of drug-likeness (QED) is 0.735. The molecule has 1 aromatic carbocycles. The maximum Gasteiger partial charge on any atom is 0.240 e. The first-order valence-electron chi connectivity index (χ1n) is 7.15. The van der Waals surface area contributed by atoms with Crippen LogP contribution in [0.4, 0.5) is 5.69 Å². The molecule has 2 amide bonds. The van der Waals surface area contributed by atoms with Crippen LogP contribution in [0.5, 0.6) is 0 Å². The normalized spacial score (nSPS) is 19.0. The molecule has 1 aliphatic rings. The van der Waals surface area contributed by atoms with Gasteiger partial charge in [-0.3, -0.25) is 14.6 Å². The zero-order valence-electron chi connectivity index (χ0n) is 12.7. The molecule has 1 fully saturated rings. The minimum Gasteiger partial charge on any atom is -0.385 e. The molecule has 1 atom stereocenters. The summed E-state index contributed by atoms with van der Waals surface area (Å²) in [5.41, 5.74) is 0.649. The third-order valence-electron chi connectivity index (χ3n) is 3.04. The largest absolute Gasteiger partial charge is 0.385 e. The summed E-state index contributed by atoms with van der Waals surface area (Å²) in [7, 11) is 1.63. The van der Waals surface area contributed by atoms with E-state index in [4.69, 9.17) is 16.3 Å². The van der Waals surface area contributed by atoms with Crippen LogP contribution in [-0.2, 0) is 14.3 Å². The van der Waals surface area contributed by atoms with Crippen LogP contribution in [-0.4, -0.2) is 42.5 Å². The number of thioether (sulfide) groups is 1. The van der Waals surface area contributed by atoms with Crippen LogP contribution in [0.15, 0.2) is 29.3 Å². The molecular weight excluding hydrogens is 338 g/mol. The molecule has 0 unspecified atom stereocenters. The lowest BCUT2D eigenvalue weighted by molar-refractivity contribution is -0.122. The van der Waals surface area contributed by atoms with Gasteiger partial charge in [0.05, 0.1) is 0 Å². The first kappa shape index (κ1) is 17.8. The SMILES string of the molecule is COCCCN=C1NC(=O)[C@@H](CC(=O)Nc2ccc(Cl)cc2)S1. The summed E-state index contributed by atoms with van der Waals surface area (Å²) in [6.07, 6.45) is 0.883. The number of methoxy groups -OCH3 is 1. The average molecular weight is 356 g/mol. The van der Waals surface area contributed by atoms with E-state index in [-0.39, 0.29) is 18.2 Å². The van der Waals surface area contributed by atoms with E-state index in [1.165, 1.54) is 11.8 Å². The van der Waals surface area contributed by atoms with Crippen molar-refractivity contribution in [3.63, 3.8) is 0 Å². The standard InChI is InChI=1S/C15H18ClN3O3S/c1-22-8-2-7-17-15-19-14(21)12(23-15)9-13(20)18-11-5-3-10(16)4-6-11/h3-6,12H,2,7-9H2,1H3,(H,18,20)(H,17,19,21)/t12-/m1/s1. The fourth-order valence-electron chi connectivity index (χ4n) is 1.92. The molecule has 8 heteroatoms. The lowest BCUT2D eigenvalue weighted by Gasteiger charge is -2.07. The van der Waals surface area contributed by atoms with Crippen LogP contribution >= 0.6 is 23.4 Å². The van der Waals surface area contributed by atoms with Crippen LogP contribution in [0.3, 0.4) is 0 Å². The number of anilines is 1. The number of carbonyl (C=O) groups excluding carboxylic acids is 2. The molecule has 1 saturated heterocycles. The van der Waals surface area contributed by atoms with Crippen molar-refractivity contribution in [1.82, 2.24) is 5.32 Å². The Morgan fingerprint density at radius 2 is 2.17 bits per heavy atom. The number of hydrogen-bond donors (Lipinski definition) is 2. The highest BCUT2D eigenvalue weighted by Crippen LogP contribution is 2.23. The van der Waals surface area contributed by atoms with Gasteiger partial charge in [-0.05, 0) is 30.7 Å². The van der Waals surface area contributed by atoms with Gasteiger partial charge in [0, 0.05) is 37.4 Å². The summed E-state index contributed by atoms with van der Waals surface area (Å²) in [6.45, 7) is 1.21. The molecule has 1 aliphatic heterocycles. The van der Waals surface area contributed by atoms with Gasteiger partial charge < -0.3 is 15.4 Å². The second-order valence-electron chi connectivity index (χ2n) is 4.89. The molecule has 0 saturated carbocycles. The van der Waals surface area contributed by atoms with Crippen molar-refractivity contribution in [3.8, 4) is 0 Å². The lowest BCUT2D eigenvalue weighted by atomic mass is 10.2. The van der Waals surface area contributed by atoms with Crippen LogP contribution in [0, 0.1) is 0 Å². The Hall–Kier alpha value is -1.57. The van der Waals surface area contributed by atoms with E-state index in [1.54, 1.807) is 31.4 Å². The smallest absolute Gasteiger partial charge is 0.240 e. The van der Waals surface area contributed by atoms with Gasteiger partial charge >= 0.3 is 0 Å². The topological polar surface area (TPSA) is 79.8 Å². The molecule has 6 nitrogen and oxygen atoms in total. The molecule has 2 N–H and O–H groups in total. The number of aliphatic imine (C=N–C) groups is 1. The van der Waals surface area contributed by atoms with Crippen molar-refractivity contribution >= 4 is 46.0 Å². The van der Waals surface area contributed by atoms with Gasteiger partial charge in [-0.2, -0.15) is 0 Å². The second-order valence-corrected chi connectivity index (χ2v) is 6.52. The van der Waals surface area contributed by atoms with Crippen molar-refractivity contribution in [2.45, 2.75) is 18.1 Å². The van der Waals surface area contributed by atoms with E-state index in [9.17, 15) is 9.59 Å². The van der Waals surface area contributed by atoms with Crippen LogP contribution < -0.4 is 10.6 Å². The van der Waals surface area contributed by atoms with Crippen molar-refractivity contribution in [1.29, 1.82) is 0 Å². The van der Waals surface area contributed by atoms with E-state index < -0.39 is 5.25 Å². The third-order valence-corrected chi connectivity index (χ3v) is 4.41. The molecule has 0 bridgehead atoms. The Bertz CT molecular complexity index is 592. The number of nitrogens with zero attached hydrogens (tertiary/aromatic N) is 1. The molecular formula is C15H18ClN3O3S. The zero-order chi connectivity index (χ0) is 16.7. The first-order valence-corrected chi connectivity index (χ1v) is 8.40. The van der Waals surface area contributed by atoms with Crippen molar-refractivity contribution in [2.24, 2.45) is 4.99 Å². The summed E-state index contributed by atoms with van der Waals surface area (Å²) in [5.74, 6) is -0.410. The van der Waals surface area contributed by atoms with Crippen LogP contribution in [0.25, 0.3) is 0 Å². The zero-order valence-corrected chi connectivity index (χ0v) is 14.2. The predicted molar refractivity (Wildman–Crippen MR) is 93.0 cm³/mol. The van der Waals surface area contributed by atoms with Gasteiger partial charge in [-0.1, -0.05) is 23.4 Å². The van der Waals surface area contributed by atoms with Gasteiger partial charge in [0.25, 0.3) is 0 Å². The fourth-order valence-corrected chi connectivity index (χ4v) is 3.04. The molecule has 124 valence electrons.